The van der Waals surface area contributed by atoms with Crippen LogP contribution in [-0.2, 0) is 4.74 Å². The third-order valence-corrected chi connectivity index (χ3v) is 5.15. The van der Waals surface area contributed by atoms with Crippen molar-refractivity contribution in [2.45, 2.75) is 33.3 Å². The third kappa shape index (κ3) is 5.63. The van der Waals surface area contributed by atoms with Crippen molar-refractivity contribution in [1.29, 1.82) is 0 Å². The van der Waals surface area contributed by atoms with Crippen LogP contribution in [0.25, 0.3) is 28.2 Å². The minimum absolute atomic E-state index is 0.264. The molecule has 3 heterocycles. The number of hydrogen-bond donors (Lipinski definition) is 0. The van der Waals surface area contributed by atoms with Crippen molar-refractivity contribution in [3.05, 3.63) is 71.9 Å². The molecule has 0 aliphatic heterocycles. The molecule has 1 aromatic carbocycles. The monoisotopic (exact) mass is 494 g/mol. The van der Waals surface area contributed by atoms with Crippen molar-refractivity contribution < 1.29 is 13.9 Å². The van der Waals surface area contributed by atoms with Crippen LogP contribution in [0.3, 0.4) is 0 Å². The number of hydrogen-bond acceptors (Lipinski definition) is 6. The molecule has 8 nitrogen and oxygen atoms in total. The van der Waals surface area contributed by atoms with Crippen LogP contribution < -0.4 is 4.90 Å². The average molecular weight is 495 g/mol. The minimum Gasteiger partial charge on any atom is -0.443 e. The van der Waals surface area contributed by atoms with Gasteiger partial charge in [0.05, 0.1) is 0 Å². The van der Waals surface area contributed by atoms with Gasteiger partial charge >= 0.3 is 6.09 Å². The van der Waals surface area contributed by atoms with Gasteiger partial charge in [0.1, 0.15) is 22.9 Å². The molecule has 0 atom stereocenters. The molecule has 0 saturated heterocycles. The molecule has 4 rings (SSSR count). The van der Waals surface area contributed by atoms with Crippen molar-refractivity contribution in [3.63, 3.8) is 0 Å². The van der Waals surface area contributed by atoms with E-state index in [2.05, 4.69) is 20.3 Å². The minimum atomic E-state index is -0.640. The second-order valence-electron chi connectivity index (χ2n) is 8.68. The van der Waals surface area contributed by atoms with Crippen LogP contribution in [0.4, 0.5) is 15.0 Å². The summed E-state index contributed by atoms with van der Waals surface area (Å²) in [5.41, 5.74) is 2.15. The topological polar surface area (TPSA) is 86.0 Å². The van der Waals surface area contributed by atoms with Gasteiger partial charge in [-0.25, -0.2) is 18.9 Å². The fourth-order valence-corrected chi connectivity index (χ4v) is 3.49. The van der Waals surface area contributed by atoms with E-state index in [-0.39, 0.29) is 11.0 Å². The number of amides is 1. The molecule has 0 aliphatic rings. The molecule has 10 heteroatoms. The Labute approximate surface area is 207 Å². The number of anilines is 1. The molecule has 4 aromatic rings. The van der Waals surface area contributed by atoms with Gasteiger partial charge in [-0.05, 0) is 81.8 Å². The Hall–Kier alpha value is -3.85. The van der Waals surface area contributed by atoms with Gasteiger partial charge in [-0.1, -0.05) is 11.6 Å². The van der Waals surface area contributed by atoms with Crippen molar-refractivity contribution in [3.8, 4) is 28.2 Å². The number of aromatic nitrogens is 5. The Bertz CT molecular complexity index is 1330. The predicted molar refractivity (Wildman–Crippen MR) is 132 cm³/mol. The normalized spacial score (nSPS) is 11.4. The standard InChI is InChI=1S/C25H24ClFN6O2/c1-5-32(24(34)35-25(2,3)4)22-14-17(12-13-28-22)19-15-33(21-11-10-20(26)29-30-21)31-23(19)16-6-8-18(27)9-7-16/h6-15H,5H2,1-4H3. The van der Waals surface area contributed by atoms with Gasteiger partial charge in [0, 0.05) is 30.1 Å². The van der Waals surface area contributed by atoms with Gasteiger partial charge in [-0.15, -0.1) is 10.2 Å². The largest absolute Gasteiger partial charge is 0.443 e. The zero-order valence-electron chi connectivity index (χ0n) is 19.7. The Morgan fingerprint density at radius 2 is 1.83 bits per heavy atom. The van der Waals surface area contributed by atoms with E-state index in [9.17, 15) is 9.18 Å². The molecule has 0 N–H and O–H groups in total. The summed E-state index contributed by atoms with van der Waals surface area (Å²) in [7, 11) is 0. The van der Waals surface area contributed by atoms with E-state index in [0.717, 1.165) is 11.1 Å². The predicted octanol–water partition coefficient (Wildman–Crippen LogP) is 5.95. The highest BCUT2D eigenvalue weighted by molar-refractivity contribution is 6.29. The smallest absolute Gasteiger partial charge is 0.415 e. The number of carbonyl (C=O) groups excluding carboxylic acids is 1. The first-order valence-corrected chi connectivity index (χ1v) is 11.3. The maximum absolute atomic E-state index is 13.6. The molecular formula is C25H24ClFN6O2. The first kappa shape index (κ1) is 24.3. The summed E-state index contributed by atoms with van der Waals surface area (Å²) in [6, 6.07) is 13.0. The molecule has 0 saturated carbocycles. The van der Waals surface area contributed by atoms with Crippen molar-refractivity contribution in [2.75, 3.05) is 11.4 Å². The highest BCUT2D eigenvalue weighted by atomic mass is 35.5. The zero-order valence-corrected chi connectivity index (χ0v) is 20.5. The van der Waals surface area contributed by atoms with E-state index in [0.29, 0.717) is 29.4 Å². The fraction of sp³-hybridized carbons (Fsp3) is 0.240. The summed E-state index contributed by atoms with van der Waals surface area (Å²) in [4.78, 5) is 18.6. The number of carbonyl (C=O) groups is 1. The zero-order chi connectivity index (χ0) is 25.2. The molecular weight excluding hydrogens is 471 g/mol. The quantitative estimate of drug-likeness (QED) is 0.341. The Morgan fingerprint density at radius 1 is 1.09 bits per heavy atom. The SMILES string of the molecule is CCN(C(=O)OC(C)(C)C)c1cc(-c2cn(-c3ccc(Cl)nn3)nc2-c2ccc(F)cc2)ccn1. The van der Waals surface area contributed by atoms with E-state index in [1.54, 1.807) is 47.4 Å². The second kappa shape index (κ2) is 9.79. The van der Waals surface area contributed by atoms with Crippen LogP contribution in [0.5, 0.6) is 0 Å². The summed E-state index contributed by atoms with van der Waals surface area (Å²) in [6.45, 7) is 7.65. The van der Waals surface area contributed by atoms with E-state index < -0.39 is 11.7 Å². The Balaban J connectivity index is 1.80. The summed E-state index contributed by atoms with van der Waals surface area (Å²) < 4.78 is 20.7. The van der Waals surface area contributed by atoms with Crippen LogP contribution >= 0.6 is 11.6 Å². The Kier molecular flexibility index (Phi) is 6.79. The number of rotatable bonds is 5. The van der Waals surface area contributed by atoms with Crippen molar-refractivity contribution in [2.24, 2.45) is 0 Å². The Morgan fingerprint density at radius 3 is 2.46 bits per heavy atom. The highest BCUT2D eigenvalue weighted by Crippen LogP contribution is 2.33. The summed E-state index contributed by atoms with van der Waals surface area (Å²) >= 11 is 5.88. The lowest BCUT2D eigenvalue weighted by Crippen LogP contribution is -2.37. The summed E-state index contributed by atoms with van der Waals surface area (Å²) in [5, 5.41) is 12.9. The number of benzene rings is 1. The van der Waals surface area contributed by atoms with Crippen LogP contribution in [0.1, 0.15) is 27.7 Å². The van der Waals surface area contributed by atoms with Crippen LogP contribution in [0.15, 0.2) is 60.9 Å². The second-order valence-corrected chi connectivity index (χ2v) is 9.07. The lowest BCUT2D eigenvalue weighted by Gasteiger charge is -2.26. The maximum atomic E-state index is 13.6. The summed E-state index contributed by atoms with van der Waals surface area (Å²) in [5.74, 6) is 0.547. The van der Waals surface area contributed by atoms with Gasteiger partial charge in [0.25, 0.3) is 0 Å². The molecule has 180 valence electrons. The van der Waals surface area contributed by atoms with Gasteiger partial charge in [-0.3, -0.25) is 4.90 Å². The van der Waals surface area contributed by atoms with Gasteiger partial charge in [0.2, 0.25) is 0 Å². The number of pyridine rings is 1. The summed E-state index contributed by atoms with van der Waals surface area (Å²) in [6.07, 6.45) is 2.92. The third-order valence-electron chi connectivity index (χ3n) is 4.95. The lowest BCUT2D eigenvalue weighted by molar-refractivity contribution is 0.0581. The first-order valence-electron chi connectivity index (χ1n) is 11.0. The van der Waals surface area contributed by atoms with E-state index in [1.165, 1.54) is 17.0 Å². The van der Waals surface area contributed by atoms with Gasteiger partial charge < -0.3 is 4.74 Å². The van der Waals surface area contributed by atoms with Crippen molar-refractivity contribution in [1.82, 2.24) is 25.0 Å². The molecule has 1 amide bonds. The fourth-order valence-electron chi connectivity index (χ4n) is 3.39. The number of nitrogens with zero attached hydrogens (tertiary/aromatic N) is 6. The lowest BCUT2D eigenvalue weighted by atomic mass is 10.0. The number of halogens is 2. The van der Waals surface area contributed by atoms with Crippen LogP contribution in [-0.4, -0.2) is 43.2 Å². The van der Waals surface area contributed by atoms with E-state index in [1.807, 2.05) is 33.8 Å². The molecule has 0 spiro atoms. The average Bonchev–Trinajstić information content (AvgIpc) is 3.25. The molecule has 0 aliphatic carbocycles. The van der Waals surface area contributed by atoms with E-state index >= 15 is 0 Å². The molecule has 0 radical (unpaired) electrons. The van der Waals surface area contributed by atoms with Crippen LogP contribution in [0.2, 0.25) is 5.15 Å². The van der Waals surface area contributed by atoms with Crippen LogP contribution in [0, 0.1) is 5.82 Å². The van der Waals surface area contributed by atoms with E-state index in [4.69, 9.17) is 16.3 Å². The first-order chi connectivity index (χ1) is 16.6. The van der Waals surface area contributed by atoms with Gasteiger partial charge in [0.15, 0.2) is 11.0 Å². The molecule has 35 heavy (non-hydrogen) atoms. The van der Waals surface area contributed by atoms with Crippen molar-refractivity contribution >= 4 is 23.5 Å². The molecule has 0 bridgehead atoms. The van der Waals surface area contributed by atoms with Gasteiger partial charge in [-0.2, -0.15) is 5.10 Å². The molecule has 0 unspecified atom stereocenters. The highest BCUT2D eigenvalue weighted by Gasteiger charge is 2.24. The molecule has 3 aromatic heterocycles. The molecule has 0 fully saturated rings. The maximum Gasteiger partial charge on any atom is 0.415 e. The number of ether oxygens (including phenoxy) is 1.